The molecule has 0 fully saturated rings. The zero-order chi connectivity index (χ0) is 10.7. The summed E-state index contributed by atoms with van der Waals surface area (Å²) in [4.78, 5) is 14.5. The number of aromatic nitrogens is 1. The largest absolute Gasteiger partial charge is 0.474 e. The Balaban J connectivity index is 3.05. The van der Waals surface area contributed by atoms with Gasteiger partial charge in [-0.3, -0.25) is 0 Å². The molecule has 0 saturated heterocycles. The SMILES string of the molecule is COCc1oc(C(=O)O)nc1C(C)C. The van der Waals surface area contributed by atoms with Crippen molar-refractivity contribution in [3.05, 3.63) is 17.3 Å². The molecule has 14 heavy (non-hydrogen) atoms. The molecule has 1 aromatic rings. The van der Waals surface area contributed by atoms with Crippen LogP contribution in [0.15, 0.2) is 4.42 Å². The summed E-state index contributed by atoms with van der Waals surface area (Å²) in [5, 5.41) is 8.68. The number of carboxylic acids is 1. The van der Waals surface area contributed by atoms with E-state index >= 15 is 0 Å². The van der Waals surface area contributed by atoms with Crippen LogP contribution in [-0.2, 0) is 11.3 Å². The van der Waals surface area contributed by atoms with E-state index in [4.69, 9.17) is 14.3 Å². The van der Waals surface area contributed by atoms with Gasteiger partial charge in [0.25, 0.3) is 0 Å². The van der Waals surface area contributed by atoms with Crippen molar-refractivity contribution in [1.82, 2.24) is 4.98 Å². The Kier molecular flexibility index (Phi) is 3.24. The van der Waals surface area contributed by atoms with Crippen LogP contribution in [0.2, 0.25) is 0 Å². The number of aromatic carboxylic acids is 1. The molecule has 0 amide bonds. The highest BCUT2D eigenvalue weighted by Crippen LogP contribution is 2.20. The molecule has 0 unspecified atom stereocenters. The number of oxazole rings is 1. The van der Waals surface area contributed by atoms with Gasteiger partial charge in [-0.1, -0.05) is 13.8 Å². The smallest absolute Gasteiger partial charge is 0.392 e. The number of methoxy groups -OCH3 is 1. The molecule has 1 N–H and O–H groups in total. The van der Waals surface area contributed by atoms with Crippen LogP contribution in [-0.4, -0.2) is 23.2 Å². The van der Waals surface area contributed by atoms with Gasteiger partial charge in [0.05, 0.1) is 5.69 Å². The Morgan fingerprint density at radius 2 is 2.29 bits per heavy atom. The second-order valence-corrected chi connectivity index (χ2v) is 3.22. The Bertz CT molecular complexity index is 330. The number of carbonyl (C=O) groups is 1. The summed E-state index contributed by atoms with van der Waals surface area (Å²) in [6.45, 7) is 4.08. The summed E-state index contributed by atoms with van der Waals surface area (Å²) in [6.07, 6.45) is 0. The highest BCUT2D eigenvalue weighted by Gasteiger charge is 2.19. The van der Waals surface area contributed by atoms with Crippen molar-refractivity contribution in [2.24, 2.45) is 0 Å². The minimum Gasteiger partial charge on any atom is -0.474 e. The van der Waals surface area contributed by atoms with Crippen LogP contribution in [0.25, 0.3) is 0 Å². The first-order valence-corrected chi connectivity index (χ1v) is 4.28. The first-order chi connectivity index (χ1) is 6.56. The molecule has 78 valence electrons. The van der Waals surface area contributed by atoms with Crippen LogP contribution < -0.4 is 0 Å². The maximum Gasteiger partial charge on any atom is 0.392 e. The minimum atomic E-state index is -1.16. The van der Waals surface area contributed by atoms with E-state index in [0.717, 1.165) is 0 Å². The standard InChI is InChI=1S/C9H13NO4/c1-5(2)7-6(4-13-3)14-8(10-7)9(11)12/h5H,4H2,1-3H3,(H,11,12). The summed E-state index contributed by atoms with van der Waals surface area (Å²) in [7, 11) is 1.52. The Morgan fingerprint density at radius 1 is 1.64 bits per heavy atom. The summed E-state index contributed by atoms with van der Waals surface area (Å²) in [5.41, 5.74) is 0.643. The van der Waals surface area contributed by atoms with E-state index in [-0.39, 0.29) is 18.4 Å². The van der Waals surface area contributed by atoms with Gasteiger partial charge in [-0.05, 0) is 5.92 Å². The molecule has 0 saturated carbocycles. The van der Waals surface area contributed by atoms with Gasteiger partial charge in [0.15, 0.2) is 5.76 Å². The number of ether oxygens (including phenoxy) is 1. The summed E-state index contributed by atoms with van der Waals surface area (Å²) in [6, 6.07) is 0. The van der Waals surface area contributed by atoms with Crippen molar-refractivity contribution in [3.8, 4) is 0 Å². The van der Waals surface area contributed by atoms with E-state index in [1.54, 1.807) is 0 Å². The third kappa shape index (κ3) is 2.11. The van der Waals surface area contributed by atoms with Crippen molar-refractivity contribution in [3.63, 3.8) is 0 Å². The molecule has 0 radical (unpaired) electrons. The third-order valence-electron chi connectivity index (χ3n) is 1.73. The molecule has 1 rings (SSSR count). The number of rotatable bonds is 4. The lowest BCUT2D eigenvalue weighted by Gasteiger charge is -2.01. The minimum absolute atomic E-state index is 0.122. The molecule has 0 aliphatic carbocycles. The van der Waals surface area contributed by atoms with Crippen molar-refractivity contribution in [2.45, 2.75) is 26.4 Å². The highest BCUT2D eigenvalue weighted by atomic mass is 16.5. The van der Waals surface area contributed by atoms with Crippen molar-refractivity contribution in [1.29, 1.82) is 0 Å². The molecule has 1 heterocycles. The van der Waals surface area contributed by atoms with Gasteiger partial charge in [0, 0.05) is 7.11 Å². The molecule has 0 atom stereocenters. The topological polar surface area (TPSA) is 72.6 Å². The van der Waals surface area contributed by atoms with E-state index < -0.39 is 5.97 Å². The molecular weight excluding hydrogens is 186 g/mol. The van der Waals surface area contributed by atoms with Gasteiger partial charge < -0.3 is 14.3 Å². The lowest BCUT2D eigenvalue weighted by atomic mass is 10.1. The van der Waals surface area contributed by atoms with E-state index in [0.29, 0.717) is 11.5 Å². The zero-order valence-corrected chi connectivity index (χ0v) is 8.40. The predicted octanol–water partition coefficient (Wildman–Crippen LogP) is 1.64. The van der Waals surface area contributed by atoms with E-state index in [2.05, 4.69) is 4.98 Å². The van der Waals surface area contributed by atoms with Crippen LogP contribution in [0, 0.1) is 0 Å². The number of hydrogen-bond donors (Lipinski definition) is 1. The summed E-state index contributed by atoms with van der Waals surface area (Å²) >= 11 is 0. The average Bonchev–Trinajstić information content (AvgIpc) is 2.49. The molecule has 5 nitrogen and oxygen atoms in total. The number of hydrogen-bond acceptors (Lipinski definition) is 4. The summed E-state index contributed by atoms with van der Waals surface area (Å²) < 4.78 is 9.93. The normalized spacial score (nSPS) is 10.9. The first-order valence-electron chi connectivity index (χ1n) is 4.28. The Hall–Kier alpha value is -1.36. The molecule has 0 aliphatic rings. The van der Waals surface area contributed by atoms with Crippen LogP contribution in [0.4, 0.5) is 0 Å². The fraction of sp³-hybridized carbons (Fsp3) is 0.556. The first kappa shape index (κ1) is 10.7. The average molecular weight is 199 g/mol. The van der Waals surface area contributed by atoms with Crippen molar-refractivity contribution >= 4 is 5.97 Å². The quantitative estimate of drug-likeness (QED) is 0.798. The Labute approximate surface area is 81.7 Å². The Morgan fingerprint density at radius 3 is 2.71 bits per heavy atom. The second-order valence-electron chi connectivity index (χ2n) is 3.22. The molecule has 0 spiro atoms. The van der Waals surface area contributed by atoms with E-state index in [9.17, 15) is 4.79 Å². The zero-order valence-electron chi connectivity index (χ0n) is 8.40. The highest BCUT2D eigenvalue weighted by molar-refractivity contribution is 5.82. The lowest BCUT2D eigenvalue weighted by Crippen LogP contribution is -1.97. The van der Waals surface area contributed by atoms with Gasteiger partial charge >= 0.3 is 11.9 Å². The third-order valence-corrected chi connectivity index (χ3v) is 1.73. The van der Waals surface area contributed by atoms with Gasteiger partial charge in [-0.15, -0.1) is 0 Å². The number of nitrogens with zero attached hydrogens (tertiary/aromatic N) is 1. The summed E-state index contributed by atoms with van der Waals surface area (Å²) in [5.74, 6) is -0.827. The molecule has 0 aliphatic heterocycles. The molecule has 1 aromatic heterocycles. The number of carboxylic acid groups (broad SMARTS) is 1. The maximum atomic E-state index is 10.6. The lowest BCUT2D eigenvalue weighted by molar-refractivity contribution is 0.0646. The van der Waals surface area contributed by atoms with Crippen molar-refractivity contribution in [2.75, 3.05) is 7.11 Å². The second kappa shape index (κ2) is 4.23. The molecule has 5 heteroatoms. The van der Waals surface area contributed by atoms with Gasteiger partial charge in [-0.2, -0.15) is 0 Å². The van der Waals surface area contributed by atoms with Crippen LogP contribution in [0.5, 0.6) is 0 Å². The van der Waals surface area contributed by atoms with Crippen LogP contribution >= 0.6 is 0 Å². The molecule has 0 bridgehead atoms. The van der Waals surface area contributed by atoms with E-state index in [1.165, 1.54) is 7.11 Å². The van der Waals surface area contributed by atoms with Gasteiger partial charge in [0.1, 0.15) is 6.61 Å². The fourth-order valence-electron chi connectivity index (χ4n) is 1.14. The molecule has 0 aromatic carbocycles. The predicted molar refractivity (Wildman–Crippen MR) is 48.3 cm³/mol. The van der Waals surface area contributed by atoms with Gasteiger partial charge in [0.2, 0.25) is 0 Å². The van der Waals surface area contributed by atoms with Crippen LogP contribution in [0.3, 0.4) is 0 Å². The van der Waals surface area contributed by atoms with Crippen molar-refractivity contribution < 1.29 is 19.1 Å². The monoisotopic (exact) mass is 199 g/mol. The maximum absolute atomic E-state index is 10.6. The molecular formula is C9H13NO4. The van der Waals surface area contributed by atoms with Crippen LogP contribution in [0.1, 0.15) is 41.9 Å². The van der Waals surface area contributed by atoms with E-state index in [1.807, 2.05) is 13.8 Å². The fourth-order valence-corrected chi connectivity index (χ4v) is 1.14. The van der Waals surface area contributed by atoms with Gasteiger partial charge in [-0.25, -0.2) is 9.78 Å².